The Kier molecular flexibility index (Phi) is 7.46. The third kappa shape index (κ3) is 5.95. The molecule has 0 spiro atoms. The number of hydrogen-bond donors (Lipinski definition) is 0. The van der Waals surface area contributed by atoms with Gasteiger partial charge in [-0.3, -0.25) is 9.59 Å². The van der Waals surface area contributed by atoms with Crippen molar-refractivity contribution in [3.05, 3.63) is 0 Å². The lowest BCUT2D eigenvalue weighted by atomic mass is 10.3. The molecule has 0 aliphatic carbocycles. The van der Waals surface area contributed by atoms with Crippen molar-refractivity contribution in [1.82, 2.24) is 9.80 Å². The Balaban J connectivity index is 2.35. The molecule has 1 atom stereocenters. The molecule has 0 aromatic carbocycles. The monoisotopic (exact) mass is 286 g/mol. The van der Waals surface area contributed by atoms with E-state index in [0.717, 1.165) is 45.6 Å². The molecule has 1 unspecified atom stereocenters. The molecule has 0 saturated carbocycles. The zero-order valence-electron chi connectivity index (χ0n) is 12.4. The number of hydrogen-bond acceptors (Lipinski definition) is 4. The summed E-state index contributed by atoms with van der Waals surface area (Å²) in [6, 6.07) is 0. The molecule has 110 valence electrons. The van der Waals surface area contributed by atoms with Gasteiger partial charge in [0.05, 0.1) is 0 Å². The van der Waals surface area contributed by atoms with Gasteiger partial charge in [-0.2, -0.15) is 0 Å². The van der Waals surface area contributed by atoms with Crippen LogP contribution in [0.1, 0.15) is 40.0 Å². The smallest absolute Gasteiger partial charge is 0.223 e. The van der Waals surface area contributed by atoms with Crippen molar-refractivity contribution < 1.29 is 9.59 Å². The zero-order chi connectivity index (χ0) is 14.3. The second kappa shape index (κ2) is 8.59. The fraction of sp³-hybridized carbons (Fsp3) is 0.857. The Hall–Kier alpha value is -0.550. The minimum atomic E-state index is 0.109. The molecule has 0 N–H and O–H groups in total. The minimum Gasteiger partial charge on any atom is -0.340 e. The van der Waals surface area contributed by atoms with Crippen molar-refractivity contribution in [1.29, 1.82) is 0 Å². The molecule has 1 saturated heterocycles. The molecule has 5 heteroatoms. The number of amides is 1. The molecule has 1 aliphatic rings. The molecule has 1 rings (SSSR count). The van der Waals surface area contributed by atoms with E-state index in [0.29, 0.717) is 6.42 Å². The van der Waals surface area contributed by atoms with Crippen LogP contribution >= 0.6 is 11.8 Å². The second-order valence-corrected chi connectivity index (χ2v) is 6.59. The highest BCUT2D eigenvalue weighted by atomic mass is 32.2. The van der Waals surface area contributed by atoms with Crippen LogP contribution in [0.4, 0.5) is 0 Å². The summed E-state index contributed by atoms with van der Waals surface area (Å²) in [5.41, 5.74) is 0. The summed E-state index contributed by atoms with van der Waals surface area (Å²) in [4.78, 5) is 27.3. The molecule has 1 amide bonds. The Labute approximate surface area is 120 Å². The maximum Gasteiger partial charge on any atom is 0.223 e. The number of carbonyl (C=O) groups excluding carboxylic acids is 2. The van der Waals surface area contributed by atoms with Gasteiger partial charge in [0.15, 0.2) is 5.12 Å². The van der Waals surface area contributed by atoms with Crippen molar-refractivity contribution in [3.8, 4) is 0 Å². The second-order valence-electron chi connectivity index (χ2n) is 5.12. The first-order valence-electron chi connectivity index (χ1n) is 7.24. The highest BCUT2D eigenvalue weighted by Crippen LogP contribution is 2.23. The van der Waals surface area contributed by atoms with Crippen LogP contribution < -0.4 is 0 Å². The van der Waals surface area contributed by atoms with Crippen LogP contribution in [0.2, 0.25) is 0 Å². The van der Waals surface area contributed by atoms with E-state index in [1.807, 2.05) is 4.90 Å². The summed E-state index contributed by atoms with van der Waals surface area (Å²) >= 11 is 1.31. The average Bonchev–Trinajstić information content (AvgIpc) is 2.66. The number of nitrogens with zero attached hydrogens (tertiary/aromatic N) is 2. The van der Waals surface area contributed by atoms with Gasteiger partial charge in [-0.05, 0) is 25.9 Å². The summed E-state index contributed by atoms with van der Waals surface area (Å²) in [6.07, 6.45) is 2.82. The van der Waals surface area contributed by atoms with Gasteiger partial charge in [-0.25, -0.2) is 0 Å². The zero-order valence-corrected chi connectivity index (χ0v) is 13.2. The summed E-state index contributed by atoms with van der Waals surface area (Å²) in [5.74, 6) is 0.201. The highest BCUT2D eigenvalue weighted by molar-refractivity contribution is 8.14. The SMILES string of the molecule is CCCN(CCC)CCN1CC(SC(C)=O)CC1=O. The Morgan fingerprint density at radius 1 is 1.32 bits per heavy atom. The fourth-order valence-electron chi connectivity index (χ4n) is 2.50. The predicted octanol–water partition coefficient (Wildman–Crippen LogP) is 1.99. The highest BCUT2D eigenvalue weighted by Gasteiger charge is 2.30. The largest absolute Gasteiger partial charge is 0.340 e. The van der Waals surface area contributed by atoms with Gasteiger partial charge in [-0.1, -0.05) is 25.6 Å². The summed E-state index contributed by atoms with van der Waals surface area (Å²) in [7, 11) is 0. The van der Waals surface area contributed by atoms with Crippen molar-refractivity contribution >= 4 is 22.8 Å². The molecule has 4 nitrogen and oxygen atoms in total. The van der Waals surface area contributed by atoms with Crippen molar-refractivity contribution in [2.45, 2.75) is 45.3 Å². The molecule has 1 fully saturated rings. The van der Waals surface area contributed by atoms with Gasteiger partial charge in [0.25, 0.3) is 0 Å². The Morgan fingerprint density at radius 2 is 1.95 bits per heavy atom. The van der Waals surface area contributed by atoms with Gasteiger partial charge in [0.1, 0.15) is 0 Å². The minimum absolute atomic E-state index is 0.109. The fourth-order valence-corrected chi connectivity index (χ4v) is 3.45. The first kappa shape index (κ1) is 16.5. The van der Waals surface area contributed by atoms with Crippen LogP contribution in [0.3, 0.4) is 0 Å². The van der Waals surface area contributed by atoms with E-state index >= 15 is 0 Å². The van der Waals surface area contributed by atoms with Gasteiger partial charge >= 0.3 is 0 Å². The van der Waals surface area contributed by atoms with Crippen LogP contribution in [0.5, 0.6) is 0 Å². The first-order valence-corrected chi connectivity index (χ1v) is 8.12. The quantitative estimate of drug-likeness (QED) is 0.684. The first-order chi connectivity index (χ1) is 9.06. The van der Waals surface area contributed by atoms with Gasteiger partial charge in [0, 0.05) is 38.2 Å². The van der Waals surface area contributed by atoms with E-state index in [4.69, 9.17) is 0 Å². The van der Waals surface area contributed by atoms with E-state index in [2.05, 4.69) is 18.7 Å². The molecule has 0 bridgehead atoms. The van der Waals surface area contributed by atoms with Crippen molar-refractivity contribution in [3.63, 3.8) is 0 Å². The predicted molar refractivity (Wildman–Crippen MR) is 80.3 cm³/mol. The van der Waals surface area contributed by atoms with E-state index in [1.165, 1.54) is 11.8 Å². The lowest BCUT2D eigenvalue weighted by Gasteiger charge is -2.24. The van der Waals surface area contributed by atoms with E-state index < -0.39 is 0 Å². The van der Waals surface area contributed by atoms with Crippen molar-refractivity contribution in [2.75, 3.05) is 32.7 Å². The summed E-state index contributed by atoms with van der Waals surface area (Å²) in [6.45, 7) is 10.6. The topological polar surface area (TPSA) is 40.6 Å². The van der Waals surface area contributed by atoms with E-state index in [1.54, 1.807) is 6.92 Å². The third-order valence-corrected chi connectivity index (χ3v) is 4.26. The molecule has 0 radical (unpaired) electrons. The number of rotatable bonds is 8. The molecule has 0 aromatic rings. The Morgan fingerprint density at radius 3 is 2.47 bits per heavy atom. The lowest BCUT2D eigenvalue weighted by Crippen LogP contribution is -2.37. The average molecular weight is 286 g/mol. The molecule has 1 heterocycles. The van der Waals surface area contributed by atoms with Crippen LogP contribution in [-0.2, 0) is 9.59 Å². The third-order valence-electron chi connectivity index (χ3n) is 3.28. The van der Waals surface area contributed by atoms with E-state index in [9.17, 15) is 9.59 Å². The molecule has 1 aliphatic heterocycles. The summed E-state index contributed by atoms with van der Waals surface area (Å²) in [5, 5.41) is 0.272. The molecule has 19 heavy (non-hydrogen) atoms. The molecular formula is C14H26N2O2S. The van der Waals surface area contributed by atoms with Crippen LogP contribution in [-0.4, -0.2) is 58.8 Å². The van der Waals surface area contributed by atoms with Crippen LogP contribution in [0.25, 0.3) is 0 Å². The lowest BCUT2D eigenvalue weighted by molar-refractivity contribution is -0.127. The van der Waals surface area contributed by atoms with Gasteiger partial charge in [0.2, 0.25) is 5.91 Å². The van der Waals surface area contributed by atoms with Crippen molar-refractivity contribution in [2.24, 2.45) is 0 Å². The molecule has 0 aromatic heterocycles. The number of carbonyl (C=O) groups is 2. The van der Waals surface area contributed by atoms with Crippen LogP contribution in [0.15, 0.2) is 0 Å². The number of likely N-dealkylation sites (tertiary alicyclic amines) is 1. The standard InChI is InChI=1S/C14H26N2O2S/c1-4-6-15(7-5-2)8-9-16-11-13(10-14(16)18)19-12(3)17/h13H,4-11H2,1-3H3. The maximum absolute atomic E-state index is 11.9. The normalized spacial score (nSPS) is 19.5. The number of thioether (sulfide) groups is 1. The summed E-state index contributed by atoms with van der Waals surface area (Å²) < 4.78 is 0. The van der Waals surface area contributed by atoms with Gasteiger partial charge in [-0.15, -0.1) is 0 Å². The Bertz CT molecular complexity index is 304. The molecular weight excluding hydrogens is 260 g/mol. The van der Waals surface area contributed by atoms with Crippen LogP contribution in [0, 0.1) is 0 Å². The van der Waals surface area contributed by atoms with Gasteiger partial charge < -0.3 is 9.80 Å². The maximum atomic E-state index is 11.9. The van der Waals surface area contributed by atoms with E-state index in [-0.39, 0.29) is 16.3 Å².